The van der Waals surface area contributed by atoms with Crippen LogP contribution in [0.15, 0.2) is 12.4 Å². The second kappa shape index (κ2) is 3.78. The van der Waals surface area contributed by atoms with Gasteiger partial charge in [-0.05, 0) is 40.2 Å². The maximum Gasteiger partial charge on any atom is 0.498 e. The number of pyridine rings is 1. The molecule has 2 heterocycles. The van der Waals surface area contributed by atoms with Crippen LogP contribution in [-0.2, 0) is 9.31 Å². The van der Waals surface area contributed by atoms with Gasteiger partial charge in [-0.3, -0.25) is 4.98 Å². The van der Waals surface area contributed by atoms with Crippen molar-refractivity contribution in [1.29, 1.82) is 0 Å². The van der Waals surface area contributed by atoms with Crippen LogP contribution in [0, 0.1) is 12.7 Å². The van der Waals surface area contributed by atoms with Crippen LogP contribution < -0.4 is 5.46 Å². The van der Waals surface area contributed by atoms with Crippen molar-refractivity contribution in [3.05, 3.63) is 23.8 Å². The molecule has 0 bridgehead atoms. The average Bonchev–Trinajstić information content (AvgIpc) is 2.35. The summed E-state index contributed by atoms with van der Waals surface area (Å²) in [7, 11) is -0.664. The molecule has 0 aliphatic carbocycles. The molecule has 0 radical (unpaired) electrons. The monoisotopic (exact) mass is 237 g/mol. The molecule has 0 N–H and O–H groups in total. The fourth-order valence-electron chi connectivity index (χ4n) is 1.80. The van der Waals surface area contributed by atoms with Crippen molar-refractivity contribution >= 4 is 12.6 Å². The van der Waals surface area contributed by atoms with Gasteiger partial charge in [-0.25, -0.2) is 4.39 Å². The molecule has 1 aliphatic heterocycles. The summed E-state index contributed by atoms with van der Waals surface area (Å²) in [6.45, 7) is 9.59. The molecule has 2 rings (SSSR count). The first-order valence-electron chi connectivity index (χ1n) is 5.70. The van der Waals surface area contributed by atoms with E-state index in [1.807, 2.05) is 27.7 Å². The fraction of sp³-hybridized carbons (Fsp3) is 0.583. The number of hydrogen-bond acceptors (Lipinski definition) is 3. The van der Waals surface area contributed by atoms with Crippen LogP contribution >= 0.6 is 0 Å². The summed E-state index contributed by atoms with van der Waals surface area (Å²) in [6, 6.07) is 0. The molecule has 1 fully saturated rings. The first kappa shape index (κ1) is 12.5. The van der Waals surface area contributed by atoms with E-state index < -0.39 is 18.3 Å². The first-order chi connectivity index (χ1) is 7.74. The van der Waals surface area contributed by atoms with Crippen LogP contribution in [0.4, 0.5) is 4.39 Å². The number of halogens is 1. The van der Waals surface area contributed by atoms with Crippen molar-refractivity contribution in [2.45, 2.75) is 45.8 Å². The van der Waals surface area contributed by atoms with Crippen LogP contribution in [0.1, 0.15) is 33.3 Å². The SMILES string of the molecule is Cc1cncc(F)c1B1OC(C)(C)C(C)(C)O1. The predicted molar refractivity (Wildman–Crippen MR) is 64.6 cm³/mol. The maximum atomic E-state index is 13.8. The third-order valence-electron chi connectivity index (χ3n) is 3.63. The molecule has 0 unspecified atom stereocenters. The van der Waals surface area contributed by atoms with E-state index in [-0.39, 0.29) is 5.82 Å². The molecule has 17 heavy (non-hydrogen) atoms. The highest BCUT2D eigenvalue weighted by Crippen LogP contribution is 2.36. The Morgan fingerprint density at radius 1 is 1.12 bits per heavy atom. The van der Waals surface area contributed by atoms with Crippen molar-refractivity contribution < 1.29 is 13.7 Å². The molecule has 0 aromatic carbocycles. The average molecular weight is 237 g/mol. The molecule has 1 aliphatic rings. The number of rotatable bonds is 1. The zero-order valence-corrected chi connectivity index (χ0v) is 10.9. The number of hydrogen-bond donors (Lipinski definition) is 0. The fourth-order valence-corrected chi connectivity index (χ4v) is 1.80. The van der Waals surface area contributed by atoms with E-state index in [0.717, 1.165) is 5.56 Å². The molecule has 0 saturated carbocycles. The number of aromatic nitrogens is 1. The molecular formula is C12H17BFNO2. The molecular weight excluding hydrogens is 220 g/mol. The molecule has 92 valence electrons. The van der Waals surface area contributed by atoms with Crippen LogP contribution in [0.2, 0.25) is 0 Å². The second-order valence-corrected chi connectivity index (χ2v) is 5.44. The Labute approximate surface area is 101 Å². The van der Waals surface area contributed by atoms with Crippen molar-refractivity contribution in [2.24, 2.45) is 0 Å². The summed E-state index contributed by atoms with van der Waals surface area (Å²) in [4.78, 5) is 3.80. The summed E-state index contributed by atoms with van der Waals surface area (Å²) >= 11 is 0. The summed E-state index contributed by atoms with van der Waals surface area (Å²) in [5.74, 6) is -0.386. The Bertz CT molecular complexity index is 412. The molecule has 0 amide bonds. The zero-order chi connectivity index (χ0) is 12.8. The maximum absolute atomic E-state index is 13.8. The first-order valence-corrected chi connectivity index (χ1v) is 5.70. The van der Waals surface area contributed by atoms with E-state index in [1.165, 1.54) is 6.20 Å². The predicted octanol–water partition coefficient (Wildman–Crippen LogP) is 1.83. The summed E-state index contributed by atoms with van der Waals surface area (Å²) < 4.78 is 25.4. The Morgan fingerprint density at radius 2 is 1.65 bits per heavy atom. The van der Waals surface area contributed by atoms with Crippen LogP contribution in [-0.4, -0.2) is 23.3 Å². The number of aryl methyl sites for hydroxylation is 1. The summed E-state index contributed by atoms with van der Waals surface area (Å²) in [6.07, 6.45) is 2.80. The lowest BCUT2D eigenvalue weighted by Gasteiger charge is -2.32. The normalized spacial score (nSPS) is 21.9. The molecule has 1 aromatic heterocycles. The lowest BCUT2D eigenvalue weighted by Crippen LogP contribution is -2.41. The Hall–Kier alpha value is -0.935. The van der Waals surface area contributed by atoms with E-state index in [4.69, 9.17) is 9.31 Å². The lowest BCUT2D eigenvalue weighted by atomic mass is 9.76. The molecule has 0 spiro atoms. The van der Waals surface area contributed by atoms with E-state index in [1.54, 1.807) is 13.1 Å². The van der Waals surface area contributed by atoms with Gasteiger partial charge in [0, 0.05) is 11.7 Å². The quantitative estimate of drug-likeness (QED) is 0.698. The Kier molecular flexibility index (Phi) is 2.79. The molecule has 1 aromatic rings. The molecule has 5 heteroatoms. The minimum Gasteiger partial charge on any atom is -0.399 e. The highest BCUT2D eigenvalue weighted by Gasteiger charge is 2.52. The molecule has 0 atom stereocenters. The van der Waals surface area contributed by atoms with Crippen molar-refractivity contribution in [3.8, 4) is 0 Å². The summed E-state index contributed by atoms with van der Waals surface area (Å²) in [5.41, 5.74) is 0.266. The van der Waals surface area contributed by atoms with Gasteiger partial charge in [0.05, 0.1) is 17.4 Å². The van der Waals surface area contributed by atoms with Gasteiger partial charge in [0.25, 0.3) is 0 Å². The van der Waals surface area contributed by atoms with E-state index in [0.29, 0.717) is 5.46 Å². The smallest absolute Gasteiger partial charge is 0.399 e. The van der Waals surface area contributed by atoms with Gasteiger partial charge >= 0.3 is 7.12 Å². The Morgan fingerprint density at radius 3 is 2.12 bits per heavy atom. The van der Waals surface area contributed by atoms with Gasteiger partial charge < -0.3 is 9.31 Å². The zero-order valence-electron chi connectivity index (χ0n) is 10.9. The van der Waals surface area contributed by atoms with Gasteiger partial charge in [0.1, 0.15) is 5.82 Å². The Balaban J connectivity index is 2.39. The van der Waals surface area contributed by atoms with Crippen LogP contribution in [0.25, 0.3) is 0 Å². The second-order valence-electron chi connectivity index (χ2n) is 5.44. The van der Waals surface area contributed by atoms with Crippen molar-refractivity contribution in [2.75, 3.05) is 0 Å². The molecule has 3 nitrogen and oxygen atoms in total. The lowest BCUT2D eigenvalue weighted by molar-refractivity contribution is 0.00578. The third kappa shape index (κ3) is 1.98. The van der Waals surface area contributed by atoms with E-state index in [2.05, 4.69) is 4.98 Å². The van der Waals surface area contributed by atoms with E-state index in [9.17, 15) is 4.39 Å². The highest BCUT2D eigenvalue weighted by molar-refractivity contribution is 6.62. The van der Waals surface area contributed by atoms with Gasteiger partial charge in [-0.15, -0.1) is 0 Å². The standard InChI is InChI=1S/C12H17BFNO2/c1-8-6-15-7-9(14)10(8)13-16-11(2,3)12(4,5)17-13/h6-7H,1-5H3. The van der Waals surface area contributed by atoms with Crippen LogP contribution in [0.5, 0.6) is 0 Å². The largest absolute Gasteiger partial charge is 0.498 e. The van der Waals surface area contributed by atoms with Crippen LogP contribution in [0.3, 0.4) is 0 Å². The number of nitrogens with zero attached hydrogens (tertiary/aromatic N) is 1. The van der Waals surface area contributed by atoms with Gasteiger partial charge in [0.2, 0.25) is 0 Å². The minimum absolute atomic E-state index is 0.386. The summed E-state index contributed by atoms with van der Waals surface area (Å²) in [5, 5.41) is 0. The van der Waals surface area contributed by atoms with Gasteiger partial charge in [0.15, 0.2) is 0 Å². The third-order valence-corrected chi connectivity index (χ3v) is 3.63. The highest BCUT2D eigenvalue weighted by atomic mass is 19.1. The minimum atomic E-state index is -0.664. The topological polar surface area (TPSA) is 31.4 Å². The van der Waals surface area contributed by atoms with E-state index >= 15 is 0 Å². The van der Waals surface area contributed by atoms with Gasteiger partial charge in [-0.1, -0.05) is 0 Å². The van der Waals surface area contributed by atoms with Crippen molar-refractivity contribution in [1.82, 2.24) is 4.98 Å². The van der Waals surface area contributed by atoms with Gasteiger partial charge in [-0.2, -0.15) is 0 Å². The molecule has 1 saturated heterocycles. The van der Waals surface area contributed by atoms with Crippen molar-refractivity contribution in [3.63, 3.8) is 0 Å².